The van der Waals surface area contributed by atoms with Crippen LogP contribution in [-0.2, 0) is 19.1 Å². The minimum atomic E-state index is -0.432. The molecule has 6 rings (SSSR count). The van der Waals surface area contributed by atoms with E-state index in [0.717, 1.165) is 11.3 Å². The maximum absolute atomic E-state index is 12.9. The number of hydrogen-bond acceptors (Lipinski definition) is 5. The second-order valence-electron chi connectivity index (χ2n) is 9.00. The highest BCUT2D eigenvalue weighted by atomic mass is 16.5. The van der Waals surface area contributed by atoms with Gasteiger partial charge in [-0.25, -0.2) is 4.79 Å². The first-order valence-corrected chi connectivity index (χ1v) is 10.5. The Morgan fingerprint density at radius 1 is 1.03 bits per heavy atom. The van der Waals surface area contributed by atoms with Gasteiger partial charge < -0.3 is 10.1 Å². The third-order valence-corrected chi connectivity index (χ3v) is 6.80. The third kappa shape index (κ3) is 2.95. The molecular formula is C23H24N2O5. The summed E-state index contributed by atoms with van der Waals surface area (Å²) in [4.78, 5) is 51.4. The number of ether oxygens (including phenoxy) is 1. The molecule has 0 radical (unpaired) electrons. The van der Waals surface area contributed by atoms with Gasteiger partial charge in [0.2, 0.25) is 17.7 Å². The number of anilines is 1. The fourth-order valence-corrected chi connectivity index (χ4v) is 5.49. The molecule has 0 unspecified atom stereocenters. The molecule has 0 aromatic heterocycles. The van der Waals surface area contributed by atoms with Crippen molar-refractivity contribution in [2.75, 3.05) is 11.9 Å². The van der Waals surface area contributed by atoms with E-state index in [1.807, 2.05) is 0 Å². The monoisotopic (exact) mass is 408 g/mol. The van der Waals surface area contributed by atoms with Crippen LogP contribution in [0.1, 0.15) is 30.6 Å². The van der Waals surface area contributed by atoms with Crippen LogP contribution < -0.4 is 5.32 Å². The Labute approximate surface area is 174 Å². The Hall–Kier alpha value is -2.96. The van der Waals surface area contributed by atoms with Crippen LogP contribution in [0.4, 0.5) is 5.69 Å². The lowest BCUT2D eigenvalue weighted by Gasteiger charge is -2.37. The van der Waals surface area contributed by atoms with Crippen LogP contribution in [0.2, 0.25) is 0 Å². The van der Waals surface area contributed by atoms with Gasteiger partial charge in [-0.15, -0.1) is 0 Å². The molecule has 3 fully saturated rings. The molecule has 1 aromatic rings. The first-order valence-electron chi connectivity index (χ1n) is 10.5. The highest BCUT2D eigenvalue weighted by molar-refractivity contribution is 6.09. The summed E-state index contributed by atoms with van der Waals surface area (Å²) >= 11 is 0. The smallest absolute Gasteiger partial charge is 0.338 e. The van der Waals surface area contributed by atoms with Crippen LogP contribution >= 0.6 is 0 Å². The first kappa shape index (κ1) is 19.0. The van der Waals surface area contributed by atoms with Crippen molar-refractivity contribution in [3.8, 4) is 0 Å². The number of carbonyl (C=O) groups excluding carboxylic acids is 4. The number of nitrogens with zero attached hydrogens (tertiary/aromatic N) is 1. The van der Waals surface area contributed by atoms with E-state index in [9.17, 15) is 19.2 Å². The molecule has 1 aliphatic heterocycles. The number of likely N-dealkylation sites (tertiary alicyclic amines) is 1. The lowest BCUT2D eigenvalue weighted by atomic mass is 9.63. The predicted molar refractivity (Wildman–Crippen MR) is 107 cm³/mol. The highest BCUT2D eigenvalue weighted by Crippen LogP contribution is 2.65. The topological polar surface area (TPSA) is 92.8 Å². The van der Waals surface area contributed by atoms with Crippen LogP contribution in [0.5, 0.6) is 0 Å². The van der Waals surface area contributed by atoms with Crippen molar-refractivity contribution in [2.45, 2.75) is 26.4 Å². The molecule has 5 aliphatic rings. The van der Waals surface area contributed by atoms with Crippen molar-refractivity contribution < 1.29 is 23.9 Å². The minimum absolute atomic E-state index is 0.146. The van der Waals surface area contributed by atoms with E-state index in [0.29, 0.717) is 23.1 Å². The van der Waals surface area contributed by atoms with Gasteiger partial charge in [-0.05, 0) is 68.2 Å². The average Bonchev–Trinajstić information content (AvgIpc) is 3.49. The van der Waals surface area contributed by atoms with Crippen molar-refractivity contribution in [3.05, 3.63) is 42.0 Å². The summed E-state index contributed by atoms with van der Waals surface area (Å²) in [5.41, 5.74) is 0.873. The van der Waals surface area contributed by atoms with Gasteiger partial charge in [0.25, 0.3) is 0 Å². The molecule has 1 N–H and O–H groups in total. The van der Waals surface area contributed by atoms with Crippen LogP contribution in [0.15, 0.2) is 36.4 Å². The number of carbonyl (C=O) groups is 4. The molecule has 2 saturated carbocycles. The molecular weight excluding hydrogens is 384 g/mol. The van der Waals surface area contributed by atoms with Crippen molar-refractivity contribution in [2.24, 2.45) is 35.5 Å². The molecule has 7 nitrogen and oxygen atoms in total. The SMILES string of the molecule is CC(C)OC(=O)c1ccc(NC(=O)CN2C(=O)[C@@H]3[C@H]4C=C[C@@H]([C@@H]5C[C@H]45)[C@H]3C2=O)cc1. The summed E-state index contributed by atoms with van der Waals surface area (Å²) in [6.45, 7) is 3.26. The number of hydrogen-bond donors (Lipinski definition) is 1. The number of allylic oxidation sites excluding steroid dienone is 2. The molecule has 1 saturated heterocycles. The fourth-order valence-electron chi connectivity index (χ4n) is 5.49. The van der Waals surface area contributed by atoms with Gasteiger partial charge in [0, 0.05) is 5.69 Å². The van der Waals surface area contributed by atoms with E-state index in [1.165, 1.54) is 0 Å². The largest absolute Gasteiger partial charge is 0.459 e. The van der Waals surface area contributed by atoms with Gasteiger partial charge in [0.15, 0.2) is 0 Å². The summed E-state index contributed by atoms with van der Waals surface area (Å²) in [6, 6.07) is 6.33. The number of rotatable bonds is 5. The van der Waals surface area contributed by atoms with Crippen LogP contribution in [0.25, 0.3) is 0 Å². The van der Waals surface area contributed by atoms with Gasteiger partial charge in [-0.2, -0.15) is 0 Å². The number of amides is 3. The van der Waals surface area contributed by atoms with Gasteiger partial charge in [-0.1, -0.05) is 12.2 Å². The van der Waals surface area contributed by atoms with E-state index >= 15 is 0 Å². The van der Waals surface area contributed by atoms with Crippen LogP contribution in [-0.4, -0.2) is 41.2 Å². The molecule has 7 heteroatoms. The minimum Gasteiger partial charge on any atom is -0.459 e. The van der Waals surface area contributed by atoms with Crippen LogP contribution in [0, 0.1) is 35.5 Å². The van der Waals surface area contributed by atoms with Crippen LogP contribution in [0.3, 0.4) is 0 Å². The summed E-state index contributed by atoms with van der Waals surface area (Å²) in [7, 11) is 0. The quantitative estimate of drug-likeness (QED) is 0.458. The fraction of sp³-hybridized carbons (Fsp3) is 0.478. The normalized spacial score (nSPS) is 32.8. The Morgan fingerprint density at radius 3 is 2.13 bits per heavy atom. The van der Waals surface area contributed by atoms with Gasteiger partial charge in [0.05, 0.1) is 23.5 Å². The zero-order valence-electron chi connectivity index (χ0n) is 16.9. The number of esters is 1. The average molecular weight is 408 g/mol. The van der Waals surface area contributed by atoms with E-state index in [4.69, 9.17) is 4.74 Å². The molecule has 1 aromatic carbocycles. The Balaban J connectivity index is 1.23. The van der Waals surface area contributed by atoms with Gasteiger partial charge >= 0.3 is 5.97 Å². The van der Waals surface area contributed by atoms with E-state index < -0.39 is 11.9 Å². The molecule has 4 aliphatic carbocycles. The van der Waals surface area contributed by atoms with Gasteiger partial charge in [0.1, 0.15) is 6.54 Å². The van der Waals surface area contributed by atoms with Gasteiger partial charge in [-0.3, -0.25) is 19.3 Å². The maximum Gasteiger partial charge on any atom is 0.338 e. The maximum atomic E-state index is 12.9. The molecule has 0 spiro atoms. The third-order valence-electron chi connectivity index (χ3n) is 6.80. The molecule has 2 bridgehead atoms. The predicted octanol–water partition coefficient (Wildman–Crippen LogP) is 2.24. The Morgan fingerprint density at radius 2 is 1.60 bits per heavy atom. The highest BCUT2D eigenvalue weighted by Gasteiger charge is 2.67. The van der Waals surface area contributed by atoms with Crippen molar-refractivity contribution in [1.82, 2.24) is 4.90 Å². The van der Waals surface area contributed by atoms with E-state index in [2.05, 4.69) is 17.5 Å². The molecule has 1 heterocycles. The first-order chi connectivity index (χ1) is 14.3. The summed E-state index contributed by atoms with van der Waals surface area (Å²) in [6.07, 6.45) is 5.12. The molecule has 30 heavy (non-hydrogen) atoms. The van der Waals surface area contributed by atoms with Crippen molar-refractivity contribution in [3.63, 3.8) is 0 Å². The molecule has 156 valence electrons. The van der Waals surface area contributed by atoms with Crippen molar-refractivity contribution in [1.29, 1.82) is 0 Å². The number of nitrogens with one attached hydrogen (secondary N) is 1. The zero-order valence-corrected chi connectivity index (χ0v) is 16.9. The lowest BCUT2D eigenvalue weighted by molar-refractivity contribution is -0.142. The lowest BCUT2D eigenvalue weighted by Crippen LogP contribution is -2.40. The molecule has 6 atom stereocenters. The summed E-state index contributed by atoms with van der Waals surface area (Å²) in [5.74, 6) is -0.516. The number of benzene rings is 1. The molecule has 3 amide bonds. The summed E-state index contributed by atoms with van der Waals surface area (Å²) in [5, 5.41) is 2.70. The summed E-state index contributed by atoms with van der Waals surface area (Å²) < 4.78 is 5.14. The second kappa shape index (κ2) is 6.79. The second-order valence-corrected chi connectivity index (χ2v) is 9.00. The van der Waals surface area contributed by atoms with Crippen molar-refractivity contribution >= 4 is 29.4 Å². The van der Waals surface area contributed by atoms with E-state index in [-0.39, 0.29) is 48.1 Å². The standard InChI is InChI=1S/C23H24N2O5/c1-11(2)30-23(29)12-3-5-13(6-4-12)24-18(26)10-25-21(27)19-14-7-8-15(17-9-16(14)17)20(19)22(25)28/h3-8,11,14-17,19-20H,9-10H2,1-2H3,(H,24,26)/t14-,15-,16-,17+,19+,20+/m0/s1. The number of imide groups is 1. The van der Waals surface area contributed by atoms with E-state index in [1.54, 1.807) is 38.1 Å². The Kier molecular flexibility index (Phi) is 4.31. The zero-order chi connectivity index (χ0) is 21.2. The Bertz CT molecular complexity index is 930.